The molecule has 1 aromatic rings. The van der Waals surface area contributed by atoms with Gasteiger partial charge in [-0.25, -0.2) is 0 Å². The molecule has 1 aromatic carbocycles. The molecule has 3 fully saturated rings. The molecule has 134 valence electrons. The zero-order valence-corrected chi connectivity index (χ0v) is 15.0. The molecule has 4 rings (SSSR count). The standard InChI is InChI=1S/C21H28N2O2/c24-20-6-3-12-22(20)14-16-7-9-18(10-8-16)21(25)23-13-11-17-4-1-2-5-19(17)15-23/h7-10,17,19H,1-6,11-15H2/t17-,19+/m1/s1. The third kappa shape index (κ3) is 3.58. The predicted octanol–water partition coefficient (Wildman–Crippen LogP) is 3.46. The number of benzene rings is 1. The summed E-state index contributed by atoms with van der Waals surface area (Å²) < 4.78 is 0. The van der Waals surface area contributed by atoms with Crippen LogP contribution in [0.2, 0.25) is 0 Å². The second kappa shape index (κ2) is 7.19. The number of carbonyl (C=O) groups is 2. The minimum Gasteiger partial charge on any atom is -0.338 e. The van der Waals surface area contributed by atoms with E-state index < -0.39 is 0 Å². The zero-order valence-electron chi connectivity index (χ0n) is 15.0. The molecule has 2 heterocycles. The number of piperidine rings is 1. The molecule has 4 heteroatoms. The minimum atomic E-state index is 0.174. The first-order valence-corrected chi connectivity index (χ1v) is 9.87. The van der Waals surface area contributed by atoms with E-state index in [-0.39, 0.29) is 11.8 Å². The van der Waals surface area contributed by atoms with E-state index in [1.54, 1.807) is 0 Å². The van der Waals surface area contributed by atoms with Crippen molar-refractivity contribution < 1.29 is 9.59 Å². The van der Waals surface area contributed by atoms with Gasteiger partial charge in [-0.15, -0.1) is 0 Å². The summed E-state index contributed by atoms with van der Waals surface area (Å²) in [4.78, 5) is 28.6. The number of nitrogens with zero attached hydrogens (tertiary/aromatic N) is 2. The van der Waals surface area contributed by atoms with Crippen molar-refractivity contribution in [1.29, 1.82) is 0 Å². The predicted molar refractivity (Wildman–Crippen MR) is 97.1 cm³/mol. The van der Waals surface area contributed by atoms with E-state index in [1.807, 2.05) is 29.2 Å². The first-order chi connectivity index (χ1) is 12.2. The van der Waals surface area contributed by atoms with Gasteiger partial charge in [-0.2, -0.15) is 0 Å². The van der Waals surface area contributed by atoms with Crippen molar-refractivity contribution in [3.8, 4) is 0 Å². The third-order valence-electron chi connectivity index (χ3n) is 6.32. The number of rotatable bonds is 3. The minimum absolute atomic E-state index is 0.174. The maximum Gasteiger partial charge on any atom is 0.253 e. The fourth-order valence-corrected chi connectivity index (χ4v) is 4.81. The van der Waals surface area contributed by atoms with E-state index in [4.69, 9.17) is 0 Å². The number of hydrogen-bond donors (Lipinski definition) is 0. The van der Waals surface area contributed by atoms with Crippen molar-refractivity contribution >= 4 is 11.8 Å². The molecule has 2 aliphatic heterocycles. The molecule has 3 aliphatic rings. The summed E-state index contributed by atoms with van der Waals surface area (Å²) in [5, 5.41) is 0. The van der Waals surface area contributed by atoms with E-state index in [0.29, 0.717) is 18.9 Å². The van der Waals surface area contributed by atoms with Crippen LogP contribution >= 0.6 is 0 Å². The van der Waals surface area contributed by atoms with E-state index in [2.05, 4.69) is 4.90 Å². The van der Waals surface area contributed by atoms with Gasteiger partial charge in [0.25, 0.3) is 5.91 Å². The lowest BCUT2D eigenvalue weighted by Crippen LogP contribution is -2.44. The summed E-state index contributed by atoms with van der Waals surface area (Å²) in [7, 11) is 0. The lowest BCUT2D eigenvalue weighted by molar-refractivity contribution is -0.128. The van der Waals surface area contributed by atoms with Crippen molar-refractivity contribution in [1.82, 2.24) is 9.80 Å². The van der Waals surface area contributed by atoms with Crippen LogP contribution in [0.15, 0.2) is 24.3 Å². The van der Waals surface area contributed by atoms with Crippen LogP contribution in [0.3, 0.4) is 0 Å². The molecule has 2 saturated heterocycles. The second-order valence-electron chi connectivity index (χ2n) is 7.96. The number of amides is 2. The summed E-state index contributed by atoms with van der Waals surface area (Å²) in [5.41, 5.74) is 1.89. The van der Waals surface area contributed by atoms with Crippen LogP contribution in [0.1, 0.15) is 60.9 Å². The fraction of sp³-hybridized carbons (Fsp3) is 0.619. The summed E-state index contributed by atoms with van der Waals surface area (Å²) in [6, 6.07) is 7.88. The Balaban J connectivity index is 1.38. The van der Waals surface area contributed by atoms with Gasteiger partial charge >= 0.3 is 0 Å². The van der Waals surface area contributed by atoms with Crippen molar-refractivity contribution in [3.05, 3.63) is 35.4 Å². The van der Waals surface area contributed by atoms with Crippen LogP contribution in [0, 0.1) is 11.8 Å². The lowest BCUT2D eigenvalue weighted by atomic mass is 9.75. The average molecular weight is 340 g/mol. The molecular weight excluding hydrogens is 312 g/mol. The first-order valence-electron chi connectivity index (χ1n) is 9.87. The van der Waals surface area contributed by atoms with E-state index in [0.717, 1.165) is 43.1 Å². The van der Waals surface area contributed by atoms with Crippen LogP contribution in [-0.2, 0) is 11.3 Å². The maximum atomic E-state index is 12.8. The van der Waals surface area contributed by atoms with Crippen LogP contribution in [0.5, 0.6) is 0 Å². The molecule has 0 unspecified atom stereocenters. The Bertz CT molecular complexity index is 640. The summed E-state index contributed by atoms with van der Waals surface area (Å²) >= 11 is 0. The normalized spacial score (nSPS) is 26.6. The zero-order chi connectivity index (χ0) is 17.2. The Labute approximate surface area is 150 Å². The summed E-state index contributed by atoms with van der Waals surface area (Å²) in [5.74, 6) is 1.98. The van der Waals surface area contributed by atoms with Gasteiger partial charge in [-0.05, 0) is 48.8 Å². The second-order valence-corrected chi connectivity index (χ2v) is 7.96. The monoisotopic (exact) mass is 340 g/mol. The highest BCUT2D eigenvalue weighted by molar-refractivity contribution is 5.94. The van der Waals surface area contributed by atoms with Crippen molar-refractivity contribution in [2.75, 3.05) is 19.6 Å². The SMILES string of the molecule is O=C1CCCN1Cc1ccc(C(=O)N2CC[C@H]3CCCC[C@H]3C2)cc1. The first kappa shape index (κ1) is 16.6. The van der Waals surface area contributed by atoms with Gasteiger partial charge in [0.05, 0.1) is 0 Å². The van der Waals surface area contributed by atoms with Crippen molar-refractivity contribution in [3.63, 3.8) is 0 Å². The quantitative estimate of drug-likeness (QED) is 0.845. The number of likely N-dealkylation sites (tertiary alicyclic amines) is 2. The number of hydrogen-bond acceptors (Lipinski definition) is 2. The van der Waals surface area contributed by atoms with Gasteiger partial charge in [0, 0.05) is 38.2 Å². The van der Waals surface area contributed by atoms with E-state index in [9.17, 15) is 9.59 Å². The van der Waals surface area contributed by atoms with Crippen LogP contribution in [0.4, 0.5) is 0 Å². The number of fused-ring (bicyclic) bond motifs is 1. The molecule has 0 radical (unpaired) electrons. The molecule has 0 aromatic heterocycles. The van der Waals surface area contributed by atoms with Gasteiger partial charge < -0.3 is 9.80 Å². The van der Waals surface area contributed by atoms with E-state index >= 15 is 0 Å². The topological polar surface area (TPSA) is 40.6 Å². The summed E-state index contributed by atoms with van der Waals surface area (Å²) in [6.45, 7) is 3.37. The average Bonchev–Trinajstić information content (AvgIpc) is 3.06. The van der Waals surface area contributed by atoms with Crippen LogP contribution in [0.25, 0.3) is 0 Å². The fourth-order valence-electron chi connectivity index (χ4n) is 4.81. The summed E-state index contributed by atoms with van der Waals surface area (Å²) in [6.07, 6.45) is 8.16. The van der Waals surface area contributed by atoms with E-state index in [1.165, 1.54) is 32.1 Å². The molecule has 0 spiro atoms. The Hall–Kier alpha value is -1.84. The van der Waals surface area contributed by atoms with Gasteiger partial charge in [-0.1, -0.05) is 31.4 Å². The largest absolute Gasteiger partial charge is 0.338 e. The van der Waals surface area contributed by atoms with Crippen LogP contribution in [-0.4, -0.2) is 41.2 Å². The van der Waals surface area contributed by atoms with Gasteiger partial charge in [0.1, 0.15) is 0 Å². The smallest absolute Gasteiger partial charge is 0.253 e. The highest BCUT2D eigenvalue weighted by atomic mass is 16.2. The highest BCUT2D eigenvalue weighted by Crippen LogP contribution is 2.36. The van der Waals surface area contributed by atoms with Crippen molar-refractivity contribution in [2.45, 2.75) is 51.5 Å². The molecule has 4 nitrogen and oxygen atoms in total. The van der Waals surface area contributed by atoms with Gasteiger partial charge in [0.15, 0.2) is 0 Å². The molecule has 1 aliphatic carbocycles. The number of carbonyl (C=O) groups excluding carboxylic acids is 2. The van der Waals surface area contributed by atoms with Crippen LogP contribution < -0.4 is 0 Å². The third-order valence-corrected chi connectivity index (χ3v) is 6.32. The molecular formula is C21H28N2O2. The Kier molecular flexibility index (Phi) is 4.78. The Morgan fingerprint density at radius 2 is 1.72 bits per heavy atom. The Morgan fingerprint density at radius 1 is 0.960 bits per heavy atom. The molecule has 0 N–H and O–H groups in total. The maximum absolute atomic E-state index is 12.8. The van der Waals surface area contributed by atoms with Crippen molar-refractivity contribution in [2.24, 2.45) is 11.8 Å². The molecule has 25 heavy (non-hydrogen) atoms. The lowest BCUT2D eigenvalue weighted by Gasteiger charge is -2.41. The Morgan fingerprint density at radius 3 is 2.44 bits per heavy atom. The molecule has 1 saturated carbocycles. The van der Waals surface area contributed by atoms with Gasteiger partial charge in [-0.3, -0.25) is 9.59 Å². The highest BCUT2D eigenvalue weighted by Gasteiger charge is 2.33. The van der Waals surface area contributed by atoms with Gasteiger partial charge in [0.2, 0.25) is 5.91 Å². The molecule has 2 amide bonds. The molecule has 0 bridgehead atoms. The molecule has 2 atom stereocenters.